The Hall–Kier alpha value is -1.02. The van der Waals surface area contributed by atoms with Crippen LogP contribution < -0.4 is 10.6 Å². The van der Waals surface area contributed by atoms with Crippen LogP contribution in [-0.4, -0.2) is 13.1 Å². The third-order valence-electron chi connectivity index (χ3n) is 3.74. The van der Waals surface area contributed by atoms with Crippen molar-refractivity contribution in [3.05, 3.63) is 29.8 Å². The van der Waals surface area contributed by atoms with E-state index in [1.807, 2.05) is 0 Å². The van der Waals surface area contributed by atoms with Crippen LogP contribution in [-0.2, 0) is 0 Å². The number of rotatable bonds is 7. The molecule has 18 heavy (non-hydrogen) atoms. The summed E-state index contributed by atoms with van der Waals surface area (Å²) in [5.41, 5.74) is 8.59. The summed E-state index contributed by atoms with van der Waals surface area (Å²) in [6.45, 7) is 11.1. The highest BCUT2D eigenvalue weighted by atomic mass is 15.1. The molecule has 0 spiro atoms. The van der Waals surface area contributed by atoms with Crippen LogP contribution in [0.4, 0.5) is 5.69 Å². The van der Waals surface area contributed by atoms with E-state index in [9.17, 15) is 0 Å². The lowest BCUT2D eigenvalue weighted by Gasteiger charge is -2.26. The normalized spacial score (nSPS) is 14.3. The minimum absolute atomic E-state index is 0.170. The van der Waals surface area contributed by atoms with Gasteiger partial charge in [0, 0.05) is 24.8 Å². The molecule has 0 aromatic heterocycles. The van der Waals surface area contributed by atoms with E-state index in [4.69, 9.17) is 5.73 Å². The van der Waals surface area contributed by atoms with Crippen molar-refractivity contribution in [3.63, 3.8) is 0 Å². The molecule has 0 saturated carbocycles. The summed E-state index contributed by atoms with van der Waals surface area (Å²) in [5.74, 6) is 0.738. The van der Waals surface area contributed by atoms with Crippen molar-refractivity contribution in [2.45, 2.75) is 46.6 Å². The average Bonchev–Trinajstić information content (AvgIpc) is 2.43. The van der Waals surface area contributed by atoms with Gasteiger partial charge in [-0.15, -0.1) is 0 Å². The van der Waals surface area contributed by atoms with Crippen molar-refractivity contribution in [1.82, 2.24) is 0 Å². The molecule has 0 amide bonds. The maximum Gasteiger partial charge on any atom is 0.0366 e. The molecule has 2 nitrogen and oxygen atoms in total. The fraction of sp³-hybridized carbons (Fsp3) is 0.625. The summed E-state index contributed by atoms with van der Waals surface area (Å²) < 4.78 is 0. The second-order valence-corrected chi connectivity index (χ2v) is 5.16. The second-order valence-electron chi connectivity index (χ2n) is 5.16. The van der Waals surface area contributed by atoms with Crippen LogP contribution in [0.15, 0.2) is 24.3 Å². The van der Waals surface area contributed by atoms with Crippen LogP contribution in [0.1, 0.15) is 52.1 Å². The first-order valence-corrected chi connectivity index (χ1v) is 7.22. The van der Waals surface area contributed by atoms with Gasteiger partial charge in [0.2, 0.25) is 0 Å². The Bertz CT molecular complexity index is 331. The van der Waals surface area contributed by atoms with Crippen LogP contribution in [0.3, 0.4) is 0 Å². The van der Waals surface area contributed by atoms with E-state index >= 15 is 0 Å². The van der Waals surface area contributed by atoms with Crippen LogP contribution in [0.25, 0.3) is 0 Å². The molecule has 2 N–H and O–H groups in total. The van der Waals surface area contributed by atoms with Crippen molar-refractivity contribution in [2.24, 2.45) is 11.7 Å². The van der Waals surface area contributed by atoms with E-state index in [-0.39, 0.29) is 6.04 Å². The molecule has 0 aliphatic rings. The van der Waals surface area contributed by atoms with Gasteiger partial charge in [-0.2, -0.15) is 0 Å². The van der Waals surface area contributed by atoms with Gasteiger partial charge in [0.05, 0.1) is 0 Å². The van der Waals surface area contributed by atoms with Gasteiger partial charge in [-0.1, -0.05) is 39.3 Å². The van der Waals surface area contributed by atoms with Crippen LogP contribution >= 0.6 is 0 Å². The minimum atomic E-state index is 0.170. The number of nitrogens with two attached hydrogens (primary N) is 1. The lowest BCUT2D eigenvalue weighted by molar-refractivity contribution is 0.548. The van der Waals surface area contributed by atoms with E-state index in [1.54, 1.807) is 0 Å². The summed E-state index contributed by atoms with van der Waals surface area (Å²) in [6.07, 6.45) is 2.22. The van der Waals surface area contributed by atoms with Gasteiger partial charge in [-0.3, -0.25) is 0 Å². The van der Waals surface area contributed by atoms with Gasteiger partial charge in [0.1, 0.15) is 0 Å². The van der Waals surface area contributed by atoms with E-state index in [2.05, 4.69) is 56.9 Å². The van der Waals surface area contributed by atoms with Gasteiger partial charge in [0.25, 0.3) is 0 Å². The van der Waals surface area contributed by atoms with Crippen molar-refractivity contribution in [3.8, 4) is 0 Å². The Balaban J connectivity index is 2.75. The molecule has 2 heteroatoms. The Morgan fingerprint density at radius 3 is 2.11 bits per heavy atom. The van der Waals surface area contributed by atoms with E-state index < -0.39 is 0 Å². The average molecular weight is 248 g/mol. The summed E-state index contributed by atoms with van der Waals surface area (Å²) in [4.78, 5) is 2.44. The molecular formula is C16H28N2. The summed E-state index contributed by atoms with van der Waals surface area (Å²) in [6, 6.07) is 8.92. The number of hydrogen-bond acceptors (Lipinski definition) is 2. The zero-order valence-corrected chi connectivity index (χ0v) is 12.3. The quantitative estimate of drug-likeness (QED) is 0.791. The molecular weight excluding hydrogens is 220 g/mol. The summed E-state index contributed by atoms with van der Waals surface area (Å²) >= 11 is 0. The van der Waals surface area contributed by atoms with E-state index in [0.717, 1.165) is 25.4 Å². The number of hydrogen-bond donors (Lipinski definition) is 1. The first kappa shape index (κ1) is 15.0. The Morgan fingerprint density at radius 1 is 1.06 bits per heavy atom. The van der Waals surface area contributed by atoms with Crippen molar-refractivity contribution in [2.75, 3.05) is 18.0 Å². The Kier molecular flexibility index (Phi) is 6.20. The fourth-order valence-electron chi connectivity index (χ4n) is 2.09. The van der Waals surface area contributed by atoms with Gasteiger partial charge < -0.3 is 10.6 Å². The number of benzene rings is 1. The molecule has 0 fully saturated rings. The molecule has 0 heterocycles. The fourth-order valence-corrected chi connectivity index (χ4v) is 2.09. The zero-order valence-electron chi connectivity index (χ0n) is 12.3. The van der Waals surface area contributed by atoms with Crippen LogP contribution in [0.2, 0.25) is 0 Å². The largest absolute Gasteiger partial charge is 0.372 e. The first-order chi connectivity index (χ1) is 8.62. The highest BCUT2D eigenvalue weighted by Gasteiger charge is 2.09. The smallest absolute Gasteiger partial charge is 0.0366 e. The second kappa shape index (κ2) is 7.42. The van der Waals surface area contributed by atoms with Crippen molar-refractivity contribution >= 4 is 5.69 Å². The molecule has 0 saturated heterocycles. The predicted molar refractivity (Wildman–Crippen MR) is 81.0 cm³/mol. The lowest BCUT2D eigenvalue weighted by atomic mass is 10.0. The Labute approximate surface area is 112 Å². The van der Waals surface area contributed by atoms with E-state index in [0.29, 0.717) is 0 Å². The first-order valence-electron chi connectivity index (χ1n) is 7.22. The van der Waals surface area contributed by atoms with E-state index in [1.165, 1.54) is 17.7 Å². The molecule has 0 aliphatic heterocycles. The standard InChI is InChI=1S/C16H28N2/c1-5-13(4)12-18(7-3)15-10-8-14(9-11-15)16(17)6-2/h8-11,13,16H,5-7,12,17H2,1-4H3/t13?,16-/m1/s1. The molecule has 102 valence electrons. The summed E-state index contributed by atoms with van der Waals surface area (Å²) in [7, 11) is 0. The van der Waals surface area contributed by atoms with Gasteiger partial charge in [-0.25, -0.2) is 0 Å². The molecule has 1 unspecified atom stereocenters. The maximum atomic E-state index is 6.04. The lowest BCUT2D eigenvalue weighted by Crippen LogP contribution is -2.28. The maximum absolute atomic E-state index is 6.04. The molecule has 1 aromatic carbocycles. The van der Waals surface area contributed by atoms with Crippen LogP contribution in [0, 0.1) is 5.92 Å². The van der Waals surface area contributed by atoms with Crippen molar-refractivity contribution in [1.29, 1.82) is 0 Å². The molecule has 0 radical (unpaired) electrons. The number of nitrogens with zero attached hydrogens (tertiary/aromatic N) is 1. The molecule has 2 atom stereocenters. The monoisotopic (exact) mass is 248 g/mol. The third kappa shape index (κ3) is 4.02. The summed E-state index contributed by atoms with van der Waals surface area (Å²) in [5, 5.41) is 0. The minimum Gasteiger partial charge on any atom is -0.372 e. The highest BCUT2D eigenvalue weighted by Crippen LogP contribution is 2.21. The number of anilines is 1. The van der Waals surface area contributed by atoms with Crippen LogP contribution in [0.5, 0.6) is 0 Å². The zero-order chi connectivity index (χ0) is 13.5. The highest BCUT2D eigenvalue weighted by molar-refractivity contribution is 5.48. The molecule has 1 rings (SSSR count). The van der Waals surface area contributed by atoms with Gasteiger partial charge in [0.15, 0.2) is 0 Å². The predicted octanol–water partition coefficient (Wildman–Crippen LogP) is 3.97. The Morgan fingerprint density at radius 2 is 1.67 bits per heavy atom. The molecule has 0 aliphatic carbocycles. The molecule has 0 bridgehead atoms. The topological polar surface area (TPSA) is 29.3 Å². The van der Waals surface area contributed by atoms with Crippen molar-refractivity contribution < 1.29 is 0 Å². The van der Waals surface area contributed by atoms with Gasteiger partial charge >= 0.3 is 0 Å². The third-order valence-corrected chi connectivity index (χ3v) is 3.74. The van der Waals surface area contributed by atoms with Gasteiger partial charge in [-0.05, 0) is 37.0 Å². The SMILES string of the molecule is CCC(C)CN(CC)c1ccc([C@H](N)CC)cc1. The molecule has 1 aromatic rings.